The molecule has 0 saturated carbocycles. The van der Waals surface area contributed by atoms with Crippen LogP contribution in [0.25, 0.3) is 0 Å². The van der Waals surface area contributed by atoms with Gasteiger partial charge in [-0.25, -0.2) is 0 Å². The van der Waals surface area contributed by atoms with Crippen LogP contribution in [-0.2, 0) is 11.3 Å². The molecule has 0 unspecified atom stereocenters. The molecule has 0 aromatic carbocycles. The summed E-state index contributed by atoms with van der Waals surface area (Å²) in [4.78, 5) is 0. The first-order valence-electron chi connectivity index (χ1n) is 4.01. The van der Waals surface area contributed by atoms with Crippen LogP contribution in [0.1, 0.15) is 18.5 Å². The highest BCUT2D eigenvalue weighted by Gasteiger charge is 2.01. The third kappa shape index (κ3) is 2.32. The Kier molecular flexibility index (Phi) is 3.25. The fourth-order valence-electron chi connectivity index (χ4n) is 0.922. The second-order valence-corrected chi connectivity index (χ2v) is 2.82. The Hall–Kier alpha value is -0.870. The van der Waals surface area contributed by atoms with Crippen molar-refractivity contribution in [2.45, 2.75) is 19.5 Å². The molecule has 2 N–H and O–H groups in total. The minimum Gasteiger partial charge on any atom is -0.383 e. The molecule has 0 saturated heterocycles. The summed E-state index contributed by atoms with van der Waals surface area (Å²) in [6.45, 7) is 3.40. The van der Waals surface area contributed by atoms with Gasteiger partial charge in [0.05, 0.1) is 19.3 Å². The molecule has 4 heteroatoms. The van der Waals surface area contributed by atoms with E-state index in [4.69, 9.17) is 10.5 Å². The van der Waals surface area contributed by atoms with Crippen molar-refractivity contribution < 1.29 is 4.74 Å². The van der Waals surface area contributed by atoms with Gasteiger partial charge in [0.15, 0.2) is 0 Å². The Morgan fingerprint density at radius 1 is 1.75 bits per heavy atom. The van der Waals surface area contributed by atoms with Crippen molar-refractivity contribution in [1.82, 2.24) is 9.78 Å². The number of hydrogen-bond donors (Lipinski definition) is 1. The first kappa shape index (κ1) is 9.22. The van der Waals surface area contributed by atoms with E-state index in [1.54, 1.807) is 13.3 Å². The van der Waals surface area contributed by atoms with E-state index >= 15 is 0 Å². The predicted octanol–water partition coefficient (Wildman–Crippen LogP) is 0.549. The maximum atomic E-state index is 5.67. The highest BCUT2D eigenvalue weighted by molar-refractivity contribution is 5.07. The van der Waals surface area contributed by atoms with Crippen molar-refractivity contribution in [3.8, 4) is 0 Å². The van der Waals surface area contributed by atoms with Crippen molar-refractivity contribution in [2.24, 2.45) is 5.73 Å². The molecule has 1 atom stereocenters. The third-order valence-corrected chi connectivity index (χ3v) is 1.70. The normalized spacial score (nSPS) is 13.2. The van der Waals surface area contributed by atoms with E-state index < -0.39 is 0 Å². The Morgan fingerprint density at radius 2 is 2.50 bits per heavy atom. The van der Waals surface area contributed by atoms with Crippen LogP contribution >= 0.6 is 0 Å². The molecule has 1 aromatic heterocycles. The molecular weight excluding hydrogens is 154 g/mol. The second kappa shape index (κ2) is 4.23. The third-order valence-electron chi connectivity index (χ3n) is 1.70. The van der Waals surface area contributed by atoms with Crippen LogP contribution in [0.2, 0.25) is 0 Å². The zero-order chi connectivity index (χ0) is 8.97. The highest BCUT2D eigenvalue weighted by Crippen LogP contribution is 2.06. The molecule has 0 fully saturated rings. The van der Waals surface area contributed by atoms with Crippen LogP contribution in [0.3, 0.4) is 0 Å². The van der Waals surface area contributed by atoms with Gasteiger partial charge in [-0.3, -0.25) is 4.68 Å². The van der Waals surface area contributed by atoms with Gasteiger partial charge in [-0.2, -0.15) is 5.10 Å². The number of nitrogens with zero attached hydrogens (tertiary/aromatic N) is 2. The Labute approximate surface area is 72.3 Å². The van der Waals surface area contributed by atoms with Crippen molar-refractivity contribution in [1.29, 1.82) is 0 Å². The number of ether oxygens (including phenoxy) is 1. The zero-order valence-corrected chi connectivity index (χ0v) is 7.53. The van der Waals surface area contributed by atoms with Gasteiger partial charge in [-0.1, -0.05) is 0 Å². The van der Waals surface area contributed by atoms with Crippen LogP contribution in [0.4, 0.5) is 0 Å². The minimum absolute atomic E-state index is 0.0568. The van der Waals surface area contributed by atoms with Crippen molar-refractivity contribution in [2.75, 3.05) is 13.7 Å². The summed E-state index contributed by atoms with van der Waals surface area (Å²) in [7, 11) is 1.68. The van der Waals surface area contributed by atoms with Gasteiger partial charge in [-0.15, -0.1) is 0 Å². The number of methoxy groups -OCH3 is 1. The van der Waals surface area contributed by atoms with E-state index in [1.165, 1.54) is 0 Å². The first-order chi connectivity index (χ1) is 5.74. The van der Waals surface area contributed by atoms with Crippen molar-refractivity contribution >= 4 is 0 Å². The summed E-state index contributed by atoms with van der Waals surface area (Å²) < 4.78 is 6.76. The standard InChI is InChI=1S/C8H15N3O/c1-7(9)8-5-10-11(6-8)3-4-12-2/h5-7H,3-4,9H2,1-2H3/t7-/m0/s1. The highest BCUT2D eigenvalue weighted by atomic mass is 16.5. The lowest BCUT2D eigenvalue weighted by atomic mass is 10.2. The molecule has 0 aliphatic carbocycles. The summed E-state index contributed by atoms with van der Waals surface area (Å²) in [5, 5.41) is 4.13. The molecule has 0 bridgehead atoms. The van der Waals surface area contributed by atoms with Gasteiger partial charge in [0.1, 0.15) is 0 Å². The zero-order valence-electron chi connectivity index (χ0n) is 7.53. The fourth-order valence-corrected chi connectivity index (χ4v) is 0.922. The fraction of sp³-hybridized carbons (Fsp3) is 0.625. The lowest BCUT2D eigenvalue weighted by molar-refractivity contribution is 0.183. The van der Waals surface area contributed by atoms with Crippen molar-refractivity contribution in [3.05, 3.63) is 18.0 Å². The molecule has 68 valence electrons. The number of nitrogens with two attached hydrogens (primary N) is 1. The van der Waals surface area contributed by atoms with E-state index in [2.05, 4.69) is 5.10 Å². The summed E-state index contributed by atoms with van der Waals surface area (Å²) in [5.74, 6) is 0. The molecule has 0 aliphatic rings. The van der Waals surface area contributed by atoms with Crippen LogP contribution in [0.5, 0.6) is 0 Å². The molecular formula is C8H15N3O. The molecule has 1 aromatic rings. The SMILES string of the molecule is COCCn1cc([C@H](C)N)cn1. The van der Waals surface area contributed by atoms with Gasteiger partial charge >= 0.3 is 0 Å². The molecule has 0 radical (unpaired) electrons. The Balaban J connectivity index is 2.52. The quantitative estimate of drug-likeness (QED) is 0.716. The molecule has 0 spiro atoms. The average molecular weight is 169 g/mol. The Bertz CT molecular complexity index is 232. The first-order valence-corrected chi connectivity index (χ1v) is 4.01. The summed E-state index contributed by atoms with van der Waals surface area (Å²) in [5.41, 5.74) is 6.73. The predicted molar refractivity (Wildman–Crippen MR) is 46.7 cm³/mol. The van der Waals surface area contributed by atoms with E-state index in [1.807, 2.05) is 17.8 Å². The maximum absolute atomic E-state index is 5.67. The smallest absolute Gasteiger partial charge is 0.0658 e. The average Bonchev–Trinajstić information content (AvgIpc) is 2.48. The minimum atomic E-state index is 0.0568. The summed E-state index contributed by atoms with van der Waals surface area (Å²) >= 11 is 0. The molecule has 12 heavy (non-hydrogen) atoms. The number of rotatable bonds is 4. The number of aromatic nitrogens is 2. The van der Waals surface area contributed by atoms with Gasteiger partial charge in [0.25, 0.3) is 0 Å². The van der Waals surface area contributed by atoms with Crippen LogP contribution in [0.15, 0.2) is 12.4 Å². The van der Waals surface area contributed by atoms with Gasteiger partial charge in [0, 0.05) is 24.9 Å². The van der Waals surface area contributed by atoms with E-state index in [9.17, 15) is 0 Å². The van der Waals surface area contributed by atoms with E-state index in [0.717, 1.165) is 12.1 Å². The van der Waals surface area contributed by atoms with E-state index in [0.29, 0.717) is 6.61 Å². The molecule has 0 aliphatic heterocycles. The van der Waals surface area contributed by atoms with Crippen LogP contribution < -0.4 is 5.73 Å². The topological polar surface area (TPSA) is 53.1 Å². The van der Waals surface area contributed by atoms with Gasteiger partial charge in [0.2, 0.25) is 0 Å². The second-order valence-electron chi connectivity index (χ2n) is 2.82. The van der Waals surface area contributed by atoms with Crippen LogP contribution in [0, 0.1) is 0 Å². The molecule has 4 nitrogen and oxygen atoms in total. The van der Waals surface area contributed by atoms with Crippen LogP contribution in [-0.4, -0.2) is 23.5 Å². The monoisotopic (exact) mass is 169 g/mol. The van der Waals surface area contributed by atoms with E-state index in [-0.39, 0.29) is 6.04 Å². The van der Waals surface area contributed by atoms with Gasteiger partial charge < -0.3 is 10.5 Å². The molecule has 1 heterocycles. The molecule has 0 amide bonds. The summed E-state index contributed by atoms with van der Waals surface area (Å²) in [6.07, 6.45) is 3.74. The maximum Gasteiger partial charge on any atom is 0.0658 e. The van der Waals surface area contributed by atoms with Gasteiger partial charge in [-0.05, 0) is 6.92 Å². The summed E-state index contributed by atoms with van der Waals surface area (Å²) in [6, 6.07) is 0.0568. The Morgan fingerprint density at radius 3 is 3.00 bits per heavy atom. The number of hydrogen-bond acceptors (Lipinski definition) is 3. The lowest BCUT2D eigenvalue weighted by Crippen LogP contribution is -2.05. The largest absolute Gasteiger partial charge is 0.383 e. The van der Waals surface area contributed by atoms with Crippen molar-refractivity contribution in [3.63, 3.8) is 0 Å². The molecule has 1 rings (SSSR count). The lowest BCUT2D eigenvalue weighted by Gasteiger charge is -2.00.